The number of amides is 1. The number of ether oxygens (including phenoxy) is 2. The highest BCUT2D eigenvalue weighted by Crippen LogP contribution is 2.59. The Labute approximate surface area is 163 Å². The number of fused-ring (bicyclic) bond motifs is 6. The monoisotopic (exact) mass is 381 g/mol. The zero-order chi connectivity index (χ0) is 19.3. The minimum absolute atomic E-state index is 0.0414. The van der Waals surface area contributed by atoms with E-state index in [1.807, 2.05) is 30.3 Å². The third-order valence-corrected chi connectivity index (χ3v) is 6.88. The van der Waals surface area contributed by atoms with Gasteiger partial charge >= 0.3 is 12.1 Å². The Hall–Kier alpha value is -2.63. The van der Waals surface area contributed by atoms with Crippen molar-refractivity contribution in [1.82, 2.24) is 5.32 Å². The molecule has 2 bridgehead atoms. The molecule has 1 aromatic rings. The lowest BCUT2D eigenvalue weighted by atomic mass is 9.63. The standard InChI is InChI=1S/C22H23NO5/c24-17-8-9-22(19-15-7-6-14(10-15)18(17)19)11-16(20(25)28-22)23-21(26)27-12-13-4-2-1-3-5-13/h1-7,14-16,18-19H,8-12H2,(H,23,26)/t14-,15+,16-,18+,19+,22+/m0/s1. The van der Waals surface area contributed by atoms with Crippen LogP contribution >= 0.6 is 0 Å². The Kier molecular flexibility index (Phi) is 4.03. The van der Waals surface area contributed by atoms with Gasteiger partial charge in [0, 0.05) is 24.7 Å². The van der Waals surface area contributed by atoms with Crippen LogP contribution in [0.3, 0.4) is 0 Å². The number of alkyl carbamates (subject to hydrolysis) is 1. The zero-order valence-electron chi connectivity index (χ0n) is 15.5. The number of allylic oxidation sites excluding steroid dienone is 2. The van der Waals surface area contributed by atoms with Gasteiger partial charge in [0.15, 0.2) is 0 Å². The van der Waals surface area contributed by atoms with Crippen LogP contribution < -0.4 is 5.32 Å². The third kappa shape index (κ3) is 2.74. The summed E-state index contributed by atoms with van der Waals surface area (Å²) in [5.74, 6) is 0.441. The van der Waals surface area contributed by atoms with Crippen molar-refractivity contribution in [3.63, 3.8) is 0 Å². The number of ketones is 1. The summed E-state index contributed by atoms with van der Waals surface area (Å²) in [5.41, 5.74) is 0.238. The number of hydrogen-bond acceptors (Lipinski definition) is 5. The van der Waals surface area contributed by atoms with Crippen molar-refractivity contribution in [3.05, 3.63) is 48.0 Å². The second kappa shape index (κ2) is 6.47. The van der Waals surface area contributed by atoms with Gasteiger partial charge in [-0.25, -0.2) is 9.59 Å². The van der Waals surface area contributed by atoms with Crippen molar-refractivity contribution < 1.29 is 23.9 Å². The number of carbonyl (C=O) groups excluding carboxylic acids is 3. The van der Waals surface area contributed by atoms with Gasteiger partial charge in [-0.2, -0.15) is 0 Å². The van der Waals surface area contributed by atoms with Crippen molar-refractivity contribution in [2.75, 3.05) is 0 Å². The average Bonchev–Trinajstić information content (AvgIpc) is 3.39. The molecule has 0 unspecified atom stereocenters. The summed E-state index contributed by atoms with van der Waals surface area (Å²) in [7, 11) is 0. The highest BCUT2D eigenvalue weighted by atomic mass is 16.6. The zero-order valence-corrected chi connectivity index (χ0v) is 15.5. The summed E-state index contributed by atoms with van der Waals surface area (Å²) in [6.45, 7) is 0.146. The smallest absolute Gasteiger partial charge is 0.408 e. The number of benzene rings is 1. The molecule has 146 valence electrons. The number of esters is 1. The molecule has 6 nitrogen and oxygen atoms in total. The van der Waals surface area contributed by atoms with Gasteiger partial charge in [0.2, 0.25) is 0 Å². The van der Waals surface area contributed by atoms with Crippen LogP contribution in [0.15, 0.2) is 42.5 Å². The average molecular weight is 381 g/mol. The highest BCUT2D eigenvalue weighted by Gasteiger charge is 2.64. The molecular weight excluding hydrogens is 358 g/mol. The molecule has 1 saturated heterocycles. The molecule has 3 fully saturated rings. The molecule has 28 heavy (non-hydrogen) atoms. The van der Waals surface area contributed by atoms with E-state index in [0.29, 0.717) is 25.0 Å². The molecule has 1 amide bonds. The van der Waals surface area contributed by atoms with Crippen LogP contribution in [0.25, 0.3) is 0 Å². The Bertz CT molecular complexity index is 850. The molecule has 2 saturated carbocycles. The summed E-state index contributed by atoms with van der Waals surface area (Å²) in [5, 5.41) is 2.67. The summed E-state index contributed by atoms with van der Waals surface area (Å²) < 4.78 is 11.1. The van der Waals surface area contributed by atoms with Gasteiger partial charge < -0.3 is 14.8 Å². The van der Waals surface area contributed by atoms with E-state index in [-0.39, 0.29) is 30.3 Å². The van der Waals surface area contributed by atoms with Gasteiger partial charge in [-0.05, 0) is 30.2 Å². The van der Waals surface area contributed by atoms with E-state index < -0.39 is 23.7 Å². The van der Waals surface area contributed by atoms with E-state index in [1.54, 1.807) is 0 Å². The lowest BCUT2D eigenvalue weighted by molar-refractivity contribution is -0.165. The van der Waals surface area contributed by atoms with Crippen molar-refractivity contribution >= 4 is 17.8 Å². The molecule has 1 N–H and O–H groups in total. The van der Waals surface area contributed by atoms with Crippen molar-refractivity contribution in [2.45, 2.75) is 43.9 Å². The molecule has 1 heterocycles. The van der Waals surface area contributed by atoms with Crippen LogP contribution in [0.4, 0.5) is 4.79 Å². The molecular formula is C22H23NO5. The summed E-state index contributed by atoms with van der Waals surface area (Å²) >= 11 is 0. The van der Waals surface area contributed by atoms with Gasteiger partial charge in [0.25, 0.3) is 0 Å². The van der Waals surface area contributed by atoms with E-state index in [2.05, 4.69) is 17.5 Å². The molecule has 1 spiro atoms. The number of hydrogen-bond donors (Lipinski definition) is 1. The van der Waals surface area contributed by atoms with Gasteiger partial charge in [0.1, 0.15) is 24.0 Å². The highest BCUT2D eigenvalue weighted by molar-refractivity contribution is 5.87. The first-order valence-corrected chi connectivity index (χ1v) is 9.97. The largest absolute Gasteiger partial charge is 0.457 e. The van der Waals surface area contributed by atoms with E-state index in [9.17, 15) is 14.4 Å². The predicted octanol–water partition coefficient (Wildman–Crippen LogP) is 2.77. The molecule has 6 atom stereocenters. The van der Waals surface area contributed by atoms with Crippen LogP contribution in [-0.2, 0) is 25.7 Å². The number of rotatable bonds is 3. The molecule has 0 aromatic heterocycles. The first-order valence-electron chi connectivity index (χ1n) is 9.97. The van der Waals surface area contributed by atoms with Gasteiger partial charge in [0.05, 0.1) is 0 Å². The first kappa shape index (κ1) is 17.5. The van der Waals surface area contributed by atoms with E-state index in [0.717, 1.165) is 12.0 Å². The van der Waals surface area contributed by atoms with Gasteiger partial charge in [-0.15, -0.1) is 0 Å². The van der Waals surface area contributed by atoms with Crippen molar-refractivity contribution in [2.24, 2.45) is 23.7 Å². The van der Waals surface area contributed by atoms with E-state index in [4.69, 9.17) is 9.47 Å². The molecule has 3 aliphatic carbocycles. The van der Waals surface area contributed by atoms with Crippen LogP contribution in [-0.4, -0.2) is 29.5 Å². The second-order valence-corrected chi connectivity index (χ2v) is 8.41. The molecule has 1 aromatic carbocycles. The molecule has 0 radical (unpaired) electrons. The maximum absolute atomic E-state index is 12.5. The molecule has 4 aliphatic rings. The summed E-state index contributed by atoms with van der Waals surface area (Å²) in [6, 6.07) is 8.66. The Morgan fingerprint density at radius 3 is 2.79 bits per heavy atom. The van der Waals surface area contributed by atoms with Crippen molar-refractivity contribution in [3.8, 4) is 0 Å². The normalized spacial score (nSPS) is 37.8. The summed E-state index contributed by atoms with van der Waals surface area (Å²) in [6.07, 6.45) is 6.07. The minimum Gasteiger partial charge on any atom is -0.457 e. The van der Waals surface area contributed by atoms with E-state index in [1.165, 1.54) is 0 Å². The Morgan fingerprint density at radius 1 is 1.18 bits per heavy atom. The quantitative estimate of drug-likeness (QED) is 0.643. The summed E-state index contributed by atoms with van der Waals surface area (Å²) in [4.78, 5) is 37.2. The Balaban J connectivity index is 1.26. The lowest BCUT2D eigenvalue weighted by Crippen LogP contribution is -2.51. The van der Waals surface area contributed by atoms with Gasteiger partial charge in [-0.1, -0.05) is 42.5 Å². The van der Waals surface area contributed by atoms with Crippen LogP contribution in [0.5, 0.6) is 0 Å². The lowest BCUT2D eigenvalue weighted by Gasteiger charge is -2.44. The van der Waals surface area contributed by atoms with Crippen LogP contribution in [0, 0.1) is 23.7 Å². The maximum atomic E-state index is 12.5. The Morgan fingerprint density at radius 2 is 1.96 bits per heavy atom. The SMILES string of the molecule is O=C(N[C@H]1C[C@@]2(CCC(=O)[C@@H]3[C@H]2[C@@H]2C=C[C@H]3C2)OC1=O)OCc1ccccc1. The number of carbonyl (C=O) groups is 3. The fraction of sp³-hybridized carbons (Fsp3) is 0.500. The van der Waals surface area contributed by atoms with Crippen LogP contribution in [0.1, 0.15) is 31.2 Å². The van der Waals surface area contributed by atoms with Gasteiger partial charge in [-0.3, -0.25) is 4.79 Å². The number of Topliss-reactive ketones (excluding diaryl/α,β-unsaturated/α-hetero) is 1. The fourth-order valence-corrected chi connectivity index (χ4v) is 5.76. The predicted molar refractivity (Wildman–Crippen MR) is 98.9 cm³/mol. The van der Waals surface area contributed by atoms with Crippen LogP contribution in [0.2, 0.25) is 0 Å². The molecule has 5 rings (SSSR count). The third-order valence-electron chi connectivity index (χ3n) is 6.88. The topological polar surface area (TPSA) is 81.7 Å². The van der Waals surface area contributed by atoms with E-state index >= 15 is 0 Å². The second-order valence-electron chi connectivity index (χ2n) is 8.41. The minimum atomic E-state index is -0.722. The maximum Gasteiger partial charge on any atom is 0.408 e. The fourth-order valence-electron chi connectivity index (χ4n) is 5.76. The molecule has 6 heteroatoms. The number of nitrogens with one attached hydrogen (secondary N) is 1. The first-order chi connectivity index (χ1) is 13.6. The molecule has 1 aliphatic heterocycles. The van der Waals surface area contributed by atoms with Crippen molar-refractivity contribution in [1.29, 1.82) is 0 Å².